The first-order valence-electron chi connectivity index (χ1n) is 11.4. The summed E-state index contributed by atoms with van der Waals surface area (Å²) in [6.45, 7) is 2.15. The Bertz CT molecular complexity index is 979. The highest BCUT2D eigenvalue weighted by atomic mass is 16.4. The maximum atomic E-state index is 10.6. The van der Waals surface area contributed by atoms with Crippen molar-refractivity contribution in [2.45, 2.75) is 31.8 Å². The van der Waals surface area contributed by atoms with Crippen LogP contribution in [0.1, 0.15) is 36.9 Å². The van der Waals surface area contributed by atoms with Gasteiger partial charge >= 0.3 is 5.97 Å². The number of carbonyl (C=O) groups excluding carboxylic acids is 2. The van der Waals surface area contributed by atoms with Crippen LogP contribution >= 0.6 is 0 Å². The molecule has 1 atom stereocenters. The summed E-state index contributed by atoms with van der Waals surface area (Å²) in [5.74, 6) is -1.10. The van der Waals surface area contributed by atoms with Crippen molar-refractivity contribution < 1.29 is 19.5 Å². The van der Waals surface area contributed by atoms with Gasteiger partial charge in [0.1, 0.15) is 12.3 Å². The number of aldehydes is 1. The molecule has 0 bridgehead atoms. The maximum Gasteiger partial charge on any atom is 0.326 e. The van der Waals surface area contributed by atoms with Crippen molar-refractivity contribution in [2.75, 3.05) is 13.6 Å². The van der Waals surface area contributed by atoms with Crippen LogP contribution in [-0.2, 0) is 14.4 Å². The fourth-order valence-corrected chi connectivity index (χ4v) is 3.25. The molecule has 2 rings (SSSR count). The molecule has 1 unspecified atom stereocenters. The van der Waals surface area contributed by atoms with Crippen LogP contribution in [-0.4, -0.2) is 54.3 Å². The number of rotatable bonds is 13. The number of hydrogen-bond acceptors (Lipinski definition) is 5. The lowest BCUT2D eigenvalue weighted by atomic mass is 9.98. The lowest BCUT2D eigenvalue weighted by Crippen LogP contribution is -2.35. The lowest BCUT2D eigenvalue weighted by Gasteiger charge is -2.28. The minimum Gasteiger partial charge on any atom is -0.480 e. The van der Waals surface area contributed by atoms with Gasteiger partial charge in [0.15, 0.2) is 5.96 Å². The van der Waals surface area contributed by atoms with Crippen LogP contribution < -0.4 is 16.8 Å². The molecule has 0 aliphatic heterocycles. The van der Waals surface area contributed by atoms with Gasteiger partial charge in [-0.2, -0.15) is 0 Å². The highest BCUT2D eigenvalue weighted by Crippen LogP contribution is 2.27. The SMILES string of the molecule is C/C(C=O)=C/C=C\N(C)C(c1ccccc1)c1ccccc1.NC(N)=NCCCC(NC=O)C(=O)O. The number of hydrogen-bond donors (Lipinski definition) is 4. The molecular weight excluding hydrogens is 458 g/mol. The summed E-state index contributed by atoms with van der Waals surface area (Å²) in [4.78, 5) is 37.0. The summed E-state index contributed by atoms with van der Waals surface area (Å²) in [5, 5.41) is 10.8. The van der Waals surface area contributed by atoms with Crippen LogP contribution in [0, 0.1) is 0 Å². The van der Waals surface area contributed by atoms with Gasteiger partial charge in [0, 0.05) is 13.6 Å². The first kappa shape index (κ1) is 29.6. The number of carbonyl (C=O) groups is 3. The van der Waals surface area contributed by atoms with Crippen LogP contribution in [0.25, 0.3) is 0 Å². The number of guanidine groups is 1. The van der Waals surface area contributed by atoms with E-state index in [2.05, 4.69) is 63.7 Å². The Morgan fingerprint density at radius 1 is 1.06 bits per heavy atom. The van der Waals surface area contributed by atoms with Gasteiger partial charge in [0.05, 0.1) is 6.04 Å². The van der Waals surface area contributed by atoms with E-state index in [4.69, 9.17) is 16.6 Å². The van der Waals surface area contributed by atoms with Crippen LogP contribution in [0.5, 0.6) is 0 Å². The van der Waals surface area contributed by atoms with Crippen molar-refractivity contribution in [3.63, 3.8) is 0 Å². The van der Waals surface area contributed by atoms with E-state index < -0.39 is 12.0 Å². The molecule has 36 heavy (non-hydrogen) atoms. The molecule has 2 aromatic carbocycles. The Morgan fingerprint density at radius 2 is 1.61 bits per heavy atom. The second-order valence-electron chi connectivity index (χ2n) is 7.88. The minimum atomic E-state index is -1.07. The molecule has 0 aliphatic rings. The van der Waals surface area contributed by atoms with E-state index in [-0.39, 0.29) is 12.0 Å². The third-order valence-electron chi connectivity index (χ3n) is 5.02. The van der Waals surface area contributed by atoms with E-state index in [1.807, 2.05) is 37.5 Å². The highest BCUT2D eigenvalue weighted by molar-refractivity contribution is 5.76. The number of aliphatic imine (C=N–C) groups is 1. The molecule has 0 saturated carbocycles. The molecule has 2 aromatic rings. The standard InChI is InChI=1S/C20H21NO.C7H14N4O3/c1-17(16-22)10-9-15-21(2)20(18-11-5-3-6-12-18)19-13-7-4-8-14-19;8-7(9)10-3-1-2-5(6(13)14)11-4-12/h3-16,20H,1-2H3;4-5H,1-3H2,(H,11,12)(H,13,14)(H4,8,9,10)/b15-9-,17-10-;. The van der Waals surface area contributed by atoms with Gasteiger partial charge < -0.3 is 26.8 Å². The van der Waals surface area contributed by atoms with Gasteiger partial charge in [0.2, 0.25) is 6.41 Å². The molecule has 6 N–H and O–H groups in total. The average molecular weight is 494 g/mol. The number of aliphatic carboxylic acids is 1. The number of carboxylic acid groups (broad SMARTS) is 1. The average Bonchev–Trinajstić information content (AvgIpc) is 2.87. The summed E-state index contributed by atoms with van der Waals surface area (Å²) in [6, 6.07) is 20.1. The fraction of sp³-hybridized carbons (Fsp3) is 0.259. The smallest absolute Gasteiger partial charge is 0.326 e. The van der Waals surface area contributed by atoms with Crippen molar-refractivity contribution in [3.05, 3.63) is 95.7 Å². The molecular formula is C27H35N5O4. The monoisotopic (exact) mass is 493 g/mol. The molecule has 0 fully saturated rings. The molecule has 9 heteroatoms. The van der Waals surface area contributed by atoms with Gasteiger partial charge in [-0.15, -0.1) is 0 Å². The Labute approximate surface area is 212 Å². The number of carboxylic acids is 1. The largest absolute Gasteiger partial charge is 0.480 e. The van der Waals surface area contributed by atoms with E-state index in [0.717, 1.165) is 6.29 Å². The fourth-order valence-electron chi connectivity index (χ4n) is 3.25. The summed E-state index contributed by atoms with van der Waals surface area (Å²) in [7, 11) is 2.05. The number of nitrogens with one attached hydrogen (secondary N) is 1. The van der Waals surface area contributed by atoms with Crippen molar-refractivity contribution in [1.82, 2.24) is 10.2 Å². The maximum absolute atomic E-state index is 10.6. The van der Waals surface area contributed by atoms with Crippen LogP contribution in [0.4, 0.5) is 0 Å². The number of benzene rings is 2. The molecule has 0 aromatic heterocycles. The van der Waals surface area contributed by atoms with E-state index in [9.17, 15) is 14.4 Å². The van der Waals surface area contributed by atoms with Crippen molar-refractivity contribution >= 4 is 24.6 Å². The molecule has 0 radical (unpaired) electrons. The quantitative estimate of drug-likeness (QED) is 0.0836. The predicted molar refractivity (Wildman–Crippen MR) is 142 cm³/mol. The predicted octanol–water partition coefficient (Wildman–Crippen LogP) is 2.61. The molecule has 0 spiro atoms. The molecule has 1 amide bonds. The number of amides is 1. The van der Waals surface area contributed by atoms with Crippen LogP contribution in [0.15, 0.2) is 89.6 Å². The molecule has 9 nitrogen and oxygen atoms in total. The number of nitrogens with two attached hydrogens (primary N) is 2. The van der Waals surface area contributed by atoms with Crippen LogP contribution in [0.3, 0.4) is 0 Å². The zero-order valence-corrected chi connectivity index (χ0v) is 20.7. The Kier molecular flexibility index (Phi) is 14.1. The van der Waals surface area contributed by atoms with E-state index >= 15 is 0 Å². The second-order valence-corrected chi connectivity index (χ2v) is 7.88. The van der Waals surface area contributed by atoms with Gasteiger partial charge in [-0.1, -0.05) is 66.7 Å². The normalized spacial score (nSPS) is 11.7. The topological polar surface area (TPSA) is 151 Å². The Morgan fingerprint density at radius 3 is 2.06 bits per heavy atom. The van der Waals surface area contributed by atoms with Crippen LogP contribution in [0.2, 0.25) is 0 Å². The van der Waals surface area contributed by atoms with Gasteiger partial charge in [-0.3, -0.25) is 14.6 Å². The number of allylic oxidation sites excluding steroid dienone is 3. The van der Waals surface area contributed by atoms with Crippen molar-refractivity contribution in [3.8, 4) is 0 Å². The van der Waals surface area contributed by atoms with Gasteiger partial charge in [0.25, 0.3) is 0 Å². The second kappa shape index (κ2) is 17.1. The van der Waals surface area contributed by atoms with Gasteiger partial charge in [-0.05, 0) is 48.7 Å². The minimum absolute atomic E-state index is 0.0276. The molecule has 0 saturated heterocycles. The third-order valence-corrected chi connectivity index (χ3v) is 5.02. The summed E-state index contributed by atoms with van der Waals surface area (Å²) >= 11 is 0. The zero-order chi connectivity index (χ0) is 26.8. The first-order valence-corrected chi connectivity index (χ1v) is 11.4. The zero-order valence-electron chi connectivity index (χ0n) is 20.7. The van der Waals surface area contributed by atoms with E-state index in [0.29, 0.717) is 31.4 Å². The molecule has 192 valence electrons. The Hall–Kier alpha value is -4.40. The van der Waals surface area contributed by atoms with Crippen molar-refractivity contribution in [1.29, 1.82) is 0 Å². The van der Waals surface area contributed by atoms with E-state index in [1.165, 1.54) is 11.1 Å². The third kappa shape index (κ3) is 11.6. The molecule has 0 aliphatic carbocycles. The first-order chi connectivity index (χ1) is 17.3. The van der Waals surface area contributed by atoms with Gasteiger partial charge in [-0.25, -0.2) is 4.79 Å². The summed E-state index contributed by atoms with van der Waals surface area (Å²) < 4.78 is 0. The Balaban J connectivity index is 0.000000402. The number of nitrogens with zero attached hydrogens (tertiary/aromatic N) is 2. The highest BCUT2D eigenvalue weighted by Gasteiger charge is 2.16. The molecule has 0 heterocycles. The summed E-state index contributed by atoms with van der Waals surface area (Å²) in [5.41, 5.74) is 13.3. The lowest BCUT2D eigenvalue weighted by molar-refractivity contribution is -0.140. The van der Waals surface area contributed by atoms with E-state index in [1.54, 1.807) is 6.92 Å². The summed E-state index contributed by atoms with van der Waals surface area (Å²) in [6.07, 6.45) is 7.73. The van der Waals surface area contributed by atoms with Crippen molar-refractivity contribution in [2.24, 2.45) is 16.5 Å².